The molecule has 1 nitrogen and oxygen atoms in total. The average Bonchev–Trinajstić information content (AvgIpc) is 1.85. The van der Waals surface area contributed by atoms with Crippen molar-refractivity contribution < 1.29 is 4.74 Å². The lowest BCUT2D eigenvalue weighted by molar-refractivity contribution is 0.185. The maximum Gasteiger partial charge on any atom is 0.0713 e. The van der Waals surface area contributed by atoms with E-state index in [9.17, 15) is 0 Å². The third-order valence-electron chi connectivity index (χ3n) is 1.23. The Labute approximate surface area is 83.0 Å². The zero-order valence-corrected chi connectivity index (χ0v) is 9.28. The molecule has 1 rings (SSSR count). The van der Waals surface area contributed by atoms with Crippen LogP contribution in [0.25, 0.3) is 0 Å². The second-order valence-electron chi connectivity index (χ2n) is 2.21. The molecule has 0 saturated carbocycles. The molecule has 0 heterocycles. The van der Waals surface area contributed by atoms with E-state index in [1.54, 1.807) is 7.11 Å². The maximum atomic E-state index is 5.00. The highest BCUT2D eigenvalue weighted by atomic mass is 79.9. The first kappa shape index (κ1) is 9.23. The molecule has 0 spiro atoms. The summed E-state index contributed by atoms with van der Waals surface area (Å²) in [6, 6.07) is 6.07. The standard InChI is InChI=1S/C8H8Br2O/c1-11-5-6-2-7(9)4-8(10)3-6/h2-4H,5H2,1H3. The second-order valence-corrected chi connectivity index (χ2v) is 4.04. The predicted molar refractivity (Wildman–Crippen MR) is 52.6 cm³/mol. The molecule has 0 aliphatic heterocycles. The molecule has 0 saturated heterocycles. The van der Waals surface area contributed by atoms with Crippen molar-refractivity contribution in [2.24, 2.45) is 0 Å². The largest absolute Gasteiger partial charge is 0.380 e. The van der Waals surface area contributed by atoms with Gasteiger partial charge in [0.05, 0.1) is 6.61 Å². The smallest absolute Gasteiger partial charge is 0.0713 e. The van der Waals surface area contributed by atoms with Gasteiger partial charge in [-0.25, -0.2) is 0 Å². The van der Waals surface area contributed by atoms with Gasteiger partial charge in [0.1, 0.15) is 0 Å². The lowest BCUT2D eigenvalue weighted by atomic mass is 10.2. The molecule has 0 atom stereocenters. The van der Waals surface area contributed by atoms with E-state index in [2.05, 4.69) is 31.9 Å². The van der Waals surface area contributed by atoms with Gasteiger partial charge in [-0.1, -0.05) is 31.9 Å². The van der Waals surface area contributed by atoms with Gasteiger partial charge in [-0.05, 0) is 23.8 Å². The van der Waals surface area contributed by atoms with Gasteiger partial charge in [-0.2, -0.15) is 0 Å². The van der Waals surface area contributed by atoms with Crippen LogP contribution in [-0.2, 0) is 11.3 Å². The first-order valence-electron chi connectivity index (χ1n) is 3.16. The van der Waals surface area contributed by atoms with Gasteiger partial charge >= 0.3 is 0 Å². The molecular weight excluding hydrogens is 272 g/mol. The fourth-order valence-electron chi connectivity index (χ4n) is 0.861. The Morgan fingerprint density at radius 2 is 1.73 bits per heavy atom. The summed E-state index contributed by atoms with van der Waals surface area (Å²) in [4.78, 5) is 0. The summed E-state index contributed by atoms with van der Waals surface area (Å²) < 4.78 is 7.13. The van der Waals surface area contributed by atoms with Crippen LogP contribution in [0.15, 0.2) is 27.1 Å². The molecule has 0 N–H and O–H groups in total. The van der Waals surface area contributed by atoms with Crippen molar-refractivity contribution >= 4 is 31.9 Å². The zero-order valence-electron chi connectivity index (χ0n) is 6.10. The minimum Gasteiger partial charge on any atom is -0.380 e. The number of rotatable bonds is 2. The molecule has 0 radical (unpaired) electrons. The van der Waals surface area contributed by atoms with Crippen LogP contribution in [0.1, 0.15) is 5.56 Å². The van der Waals surface area contributed by atoms with Crippen LogP contribution in [0.3, 0.4) is 0 Å². The van der Waals surface area contributed by atoms with Crippen LogP contribution >= 0.6 is 31.9 Å². The molecule has 0 fully saturated rings. The van der Waals surface area contributed by atoms with Gasteiger partial charge in [0.15, 0.2) is 0 Å². The normalized spacial score (nSPS) is 10.1. The fraction of sp³-hybridized carbons (Fsp3) is 0.250. The Morgan fingerprint density at radius 1 is 1.18 bits per heavy atom. The number of ether oxygens (including phenoxy) is 1. The average molecular weight is 280 g/mol. The van der Waals surface area contributed by atoms with Crippen molar-refractivity contribution in [3.05, 3.63) is 32.7 Å². The van der Waals surface area contributed by atoms with E-state index in [-0.39, 0.29) is 0 Å². The van der Waals surface area contributed by atoms with Gasteiger partial charge in [0.25, 0.3) is 0 Å². The molecule has 0 amide bonds. The second kappa shape index (κ2) is 4.24. The first-order chi connectivity index (χ1) is 5.22. The summed E-state index contributed by atoms with van der Waals surface area (Å²) in [5.74, 6) is 0. The number of benzene rings is 1. The minimum atomic E-state index is 0.651. The van der Waals surface area contributed by atoms with Crippen molar-refractivity contribution in [3.63, 3.8) is 0 Å². The summed E-state index contributed by atoms with van der Waals surface area (Å²) in [6.07, 6.45) is 0. The Morgan fingerprint density at radius 3 is 2.18 bits per heavy atom. The predicted octanol–water partition coefficient (Wildman–Crippen LogP) is 3.36. The Hall–Kier alpha value is 0.140. The summed E-state index contributed by atoms with van der Waals surface area (Å²) in [6.45, 7) is 0.651. The third kappa shape index (κ3) is 2.93. The molecule has 0 unspecified atom stereocenters. The molecule has 11 heavy (non-hydrogen) atoms. The van der Waals surface area contributed by atoms with Crippen LogP contribution in [0.4, 0.5) is 0 Å². The third-order valence-corrected chi connectivity index (χ3v) is 2.15. The summed E-state index contributed by atoms with van der Waals surface area (Å²) >= 11 is 6.79. The summed E-state index contributed by atoms with van der Waals surface area (Å²) in [7, 11) is 1.69. The van der Waals surface area contributed by atoms with E-state index < -0.39 is 0 Å². The molecule has 3 heteroatoms. The SMILES string of the molecule is COCc1cc(Br)cc(Br)c1. The Balaban J connectivity index is 2.89. The fourth-order valence-corrected chi connectivity index (χ4v) is 2.25. The minimum absolute atomic E-state index is 0.651. The maximum absolute atomic E-state index is 5.00. The number of methoxy groups -OCH3 is 1. The number of hydrogen-bond donors (Lipinski definition) is 0. The number of halogens is 2. The Kier molecular flexibility index (Phi) is 3.55. The van der Waals surface area contributed by atoms with E-state index in [1.807, 2.05) is 18.2 Å². The quantitative estimate of drug-likeness (QED) is 0.807. The van der Waals surface area contributed by atoms with Crippen molar-refractivity contribution in [3.8, 4) is 0 Å². The van der Waals surface area contributed by atoms with Crippen LogP contribution < -0.4 is 0 Å². The van der Waals surface area contributed by atoms with E-state index in [0.29, 0.717) is 6.61 Å². The van der Waals surface area contributed by atoms with E-state index in [0.717, 1.165) is 14.5 Å². The molecule has 1 aromatic carbocycles. The van der Waals surface area contributed by atoms with Gasteiger partial charge in [-0.3, -0.25) is 0 Å². The highest BCUT2D eigenvalue weighted by molar-refractivity contribution is 9.11. The highest BCUT2D eigenvalue weighted by Crippen LogP contribution is 2.20. The van der Waals surface area contributed by atoms with Crippen molar-refractivity contribution in [2.75, 3.05) is 7.11 Å². The van der Waals surface area contributed by atoms with Crippen LogP contribution in [0, 0.1) is 0 Å². The van der Waals surface area contributed by atoms with Crippen molar-refractivity contribution in [1.82, 2.24) is 0 Å². The first-order valence-corrected chi connectivity index (χ1v) is 4.75. The summed E-state index contributed by atoms with van der Waals surface area (Å²) in [5.41, 5.74) is 1.16. The topological polar surface area (TPSA) is 9.23 Å². The molecule has 0 aliphatic carbocycles. The molecule has 60 valence electrons. The summed E-state index contributed by atoms with van der Waals surface area (Å²) in [5, 5.41) is 0. The van der Waals surface area contributed by atoms with Crippen molar-refractivity contribution in [1.29, 1.82) is 0 Å². The lowest BCUT2D eigenvalue weighted by Gasteiger charge is -2.00. The molecule has 0 aliphatic rings. The van der Waals surface area contributed by atoms with Gasteiger partial charge in [-0.15, -0.1) is 0 Å². The molecular formula is C8H8Br2O. The van der Waals surface area contributed by atoms with E-state index in [4.69, 9.17) is 4.74 Å². The van der Waals surface area contributed by atoms with Crippen LogP contribution in [-0.4, -0.2) is 7.11 Å². The van der Waals surface area contributed by atoms with Gasteiger partial charge in [0, 0.05) is 16.1 Å². The van der Waals surface area contributed by atoms with Crippen molar-refractivity contribution in [2.45, 2.75) is 6.61 Å². The number of hydrogen-bond acceptors (Lipinski definition) is 1. The lowest BCUT2D eigenvalue weighted by Crippen LogP contribution is -1.86. The molecule has 0 bridgehead atoms. The monoisotopic (exact) mass is 278 g/mol. The van der Waals surface area contributed by atoms with Gasteiger partial charge in [0.2, 0.25) is 0 Å². The highest BCUT2D eigenvalue weighted by Gasteiger charge is 1.95. The molecule has 1 aromatic rings. The van der Waals surface area contributed by atoms with Crippen LogP contribution in [0.2, 0.25) is 0 Å². The van der Waals surface area contributed by atoms with Crippen LogP contribution in [0.5, 0.6) is 0 Å². The van der Waals surface area contributed by atoms with E-state index in [1.165, 1.54) is 0 Å². The Bertz CT molecular complexity index is 228. The zero-order chi connectivity index (χ0) is 8.27. The van der Waals surface area contributed by atoms with Gasteiger partial charge < -0.3 is 4.74 Å². The molecule has 0 aromatic heterocycles. The van der Waals surface area contributed by atoms with E-state index >= 15 is 0 Å².